The molecule has 0 fully saturated rings. The highest BCUT2D eigenvalue weighted by atomic mass is 79.9. The number of pyridine rings is 1. The molecule has 0 atom stereocenters. The molecule has 90 valence electrons. The lowest BCUT2D eigenvalue weighted by atomic mass is 10.2. The van der Waals surface area contributed by atoms with Crippen molar-refractivity contribution in [2.45, 2.75) is 18.6 Å². The molecule has 1 aromatic rings. The zero-order valence-electron chi connectivity index (χ0n) is 8.56. The summed E-state index contributed by atoms with van der Waals surface area (Å²) < 4.78 is 45.1. The van der Waals surface area contributed by atoms with Crippen molar-refractivity contribution in [1.29, 1.82) is 0 Å². The molecule has 16 heavy (non-hydrogen) atoms. The van der Waals surface area contributed by atoms with Crippen LogP contribution in [0.15, 0.2) is 6.20 Å². The fourth-order valence-corrected chi connectivity index (χ4v) is 1.76. The smallest absolute Gasteiger partial charge is 0.494 e. The summed E-state index contributed by atoms with van der Waals surface area (Å²) in [4.78, 5) is 3.77. The number of hydrogen-bond donors (Lipinski definition) is 0. The molecule has 0 amide bonds. The van der Waals surface area contributed by atoms with Crippen molar-refractivity contribution in [2.24, 2.45) is 0 Å². The molecule has 0 aromatic carbocycles. The van der Waals surface area contributed by atoms with E-state index in [9.17, 15) is 13.2 Å². The Morgan fingerprint density at radius 3 is 2.50 bits per heavy atom. The predicted molar refractivity (Wildman–Crippen MR) is 54.8 cm³/mol. The minimum absolute atomic E-state index is 0.185. The fraction of sp³-hybridized carbons (Fsp3) is 0.444. The first kappa shape index (κ1) is 13.1. The topological polar surface area (TPSA) is 31.4 Å². The van der Waals surface area contributed by atoms with Crippen LogP contribution in [0.5, 0.6) is 11.5 Å². The molecule has 1 heterocycles. The molecule has 7 heteroatoms. The monoisotopic (exact) mass is 299 g/mol. The van der Waals surface area contributed by atoms with Crippen molar-refractivity contribution in [3.63, 3.8) is 0 Å². The molecule has 0 aliphatic carbocycles. The number of halogens is 4. The summed E-state index contributed by atoms with van der Waals surface area (Å²) in [6.07, 6.45) is -3.71. The molecular weight excluding hydrogens is 291 g/mol. The van der Waals surface area contributed by atoms with E-state index in [4.69, 9.17) is 4.74 Å². The second-order valence-corrected chi connectivity index (χ2v) is 3.46. The van der Waals surface area contributed by atoms with Crippen molar-refractivity contribution in [2.75, 3.05) is 7.11 Å². The maximum atomic E-state index is 12.1. The van der Waals surface area contributed by atoms with Crippen LogP contribution in [-0.4, -0.2) is 18.5 Å². The average molecular weight is 300 g/mol. The highest BCUT2D eigenvalue weighted by Crippen LogP contribution is 2.34. The van der Waals surface area contributed by atoms with E-state index in [1.165, 1.54) is 7.11 Å². The normalized spacial score (nSPS) is 11.4. The number of alkyl halides is 4. The van der Waals surface area contributed by atoms with Crippen LogP contribution in [0.25, 0.3) is 0 Å². The Labute approximate surface area is 98.7 Å². The van der Waals surface area contributed by atoms with Crippen LogP contribution >= 0.6 is 15.9 Å². The standard InChI is InChI=1S/C9H9BrF3NO2/c1-5-8(15-2)6(3-10)7(4-14-5)16-9(11,12)13/h4H,3H2,1-2H3. The van der Waals surface area contributed by atoms with Crippen molar-refractivity contribution in [3.8, 4) is 11.5 Å². The Hall–Kier alpha value is -0.980. The summed E-state index contributed by atoms with van der Waals surface area (Å²) in [7, 11) is 1.37. The molecule has 0 spiro atoms. The van der Waals surface area contributed by atoms with E-state index in [1.54, 1.807) is 6.92 Å². The zero-order valence-corrected chi connectivity index (χ0v) is 10.1. The van der Waals surface area contributed by atoms with E-state index in [1.807, 2.05) is 0 Å². The number of methoxy groups -OCH3 is 1. The predicted octanol–water partition coefficient (Wildman–Crippen LogP) is 3.19. The number of ether oxygens (including phenoxy) is 2. The third kappa shape index (κ3) is 3.01. The van der Waals surface area contributed by atoms with Crippen molar-refractivity contribution in [1.82, 2.24) is 4.98 Å². The van der Waals surface area contributed by atoms with Gasteiger partial charge in [-0.05, 0) is 6.92 Å². The van der Waals surface area contributed by atoms with Crippen molar-refractivity contribution < 1.29 is 22.6 Å². The second kappa shape index (κ2) is 4.90. The van der Waals surface area contributed by atoms with Gasteiger partial charge in [0.15, 0.2) is 5.75 Å². The van der Waals surface area contributed by atoms with Gasteiger partial charge in [0.2, 0.25) is 0 Å². The van der Waals surface area contributed by atoms with E-state index < -0.39 is 6.36 Å². The Bertz CT molecular complexity index is 382. The molecule has 0 aliphatic rings. The molecule has 0 aliphatic heterocycles. The van der Waals surface area contributed by atoms with E-state index in [2.05, 4.69) is 25.7 Å². The maximum absolute atomic E-state index is 12.1. The summed E-state index contributed by atoms with van der Waals surface area (Å²) in [5.74, 6) is -0.0644. The van der Waals surface area contributed by atoms with Crippen LogP contribution in [0.3, 0.4) is 0 Å². The van der Waals surface area contributed by atoms with Gasteiger partial charge in [-0.1, -0.05) is 15.9 Å². The third-order valence-corrected chi connectivity index (χ3v) is 2.40. The van der Waals surface area contributed by atoms with Crippen LogP contribution in [0.1, 0.15) is 11.3 Å². The minimum atomic E-state index is -4.74. The Morgan fingerprint density at radius 2 is 2.06 bits per heavy atom. The largest absolute Gasteiger partial charge is 0.573 e. The maximum Gasteiger partial charge on any atom is 0.573 e. The highest BCUT2D eigenvalue weighted by molar-refractivity contribution is 9.08. The molecule has 3 nitrogen and oxygen atoms in total. The summed E-state index contributed by atoms with van der Waals surface area (Å²) >= 11 is 3.09. The van der Waals surface area contributed by atoms with Gasteiger partial charge in [0.05, 0.1) is 24.6 Å². The Morgan fingerprint density at radius 1 is 1.44 bits per heavy atom. The van der Waals surface area contributed by atoms with Gasteiger partial charge in [0.1, 0.15) is 5.75 Å². The number of nitrogens with zero attached hydrogens (tertiary/aromatic N) is 1. The summed E-state index contributed by atoms with van der Waals surface area (Å²) in [6.45, 7) is 1.64. The number of aromatic nitrogens is 1. The van der Waals surface area contributed by atoms with Gasteiger partial charge in [-0.3, -0.25) is 4.98 Å². The quantitative estimate of drug-likeness (QED) is 0.803. The first-order valence-electron chi connectivity index (χ1n) is 4.23. The molecule has 1 aromatic heterocycles. The SMILES string of the molecule is COc1c(C)ncc(OC(F)(F)F)c1CBr. The lowest BCUT2D eigenvalue weighted by Crippen LogP contribution is -2.18. The second-order valence-electron chi connectivity index (χ2n) is 2.90. The lowest BCUT2D eigenvalue weighted by Gasteiger charge is -2.15. The first-order valence-corrected chi connectivity index (χ1v) is 5.35. The molecule has 0 unspecified atom stereocenters. The van der Waals surface area contributed by atoms with Gasteiger partial charge in [-0.2, -0.15) is 0 Å². The van der Waals surface area contributed by atoms with E-state index in [0.29, 0.717) is 11.4 Å². The van der Waals surface area contributed by atoms with Gasteiger partial charge in [0, 0.05) is 5.33 Å². The zero-order chi connectivity index (χ0) is 12.3. The lowest BCUT2D eigenvalue weighted by molar-refractivity contribution is -0.275. The van der Waals surface area contributed by atoms with Crippen LogP contribution in [0, 0.1) is 6.92 Å². The first-order chi connectivity index (χ1) is 7.39. The molecular formula is C9H9BrF3NO2. The minimum Gasteiger partial charge on any atom is -0.494 e. The fourth-order valence-electron chi connectivity index (χ4n) is 1.23. The van der Waals surface area contributed by atoms with Crippen molar-refractivity contribution >= 4 is 15.9 Å². The van der Waals surface area contributed by atoms with Crippen molar-refractivity contribution in [3.05, 3.63) is 17.5 Å². The van der Waals surface area contributed by atoms with Crippen LogP contribution in [-0.2, 0) is 5.33 Å². The Balaban J connectivity index is 3.19. The summed E-state index contributed by atoms with van der Waals surface area (Å²) in [6, 6.07) is 0. The van der Waals surface area contributed by atoms with E-state index in [0.717, 1.165) is 6.20 Å². The third-order valence-electron chi connectivity index (χ3n) is 1.84. The highest BCUT2D eigenvalue weighted by Gasteiger charge is 2.33. The Kier molecular flexibility index (Phi) is 4.01. The molecule has 0 radical (unpaired) electrons. The number of rotatable bonds is 3. The van der Waals surface area contributed by atoms with E-state index in [-0.39, 0.29) is 16.6 Å². The van der Waals surface area contributed by atoms with Gasteiger partial charge in [-0.25, -0.2) is 0 Å². The molecule has 0 N–H and O–H groups in total. The molecule has 0 saturated carbocycles. The number of hydrogen-bond acceptors (Lipinski definition) is 3. The average Bonchev–Trinajstić information content (AvgIpc) is 2.18. The van der Waals surface area contributed by atoms with Crippen LogP contribution in [0.2, 0.25) is 0 Å². The molecule has 1 rings (SSSR count). The van der Waals surface area contributed by atoms with Gasteiger partial charge in [0.25, 0.3) is 0 Å². The van der Waals surface area contributed by atoms with Crippen LogP contribution in [0.4, 0.5) is 13.2 Å². The summed E-state index contributed by atoms with van der Waals surface area (Å²) in [5, 5.41) is 0.185. The van der Waals surface area contributed by atoms with Gasteiger partial charge >= 0.3 is 6.36 Å². The molecule has 0 bridgehead atoms. The van der Waals surface area contributed by atoms with E-state index >= 15 is 0 Å². The van der Waals surface area contributed by atoms with Crippen LogP contribution < -0.4 is 9.47 Å². The number of aryl methyl sites for hydroxylation is 1. The van der Waals surface area contributed by atoms with Gasteiger partial charge in [-0.15, -0.1) is 13.2 Å². The van der Waals surface area contributed by atoms with Gasteiger partial charge < -0.3 is 9.47 Å². The molecule has 0 saturated heterocycles. The summed E-state index contributed by atoms with van der Waals surface area (Å²) in [5.41, 5.74) is 0.791.